The molecule has 12 heavy (non-hydrogen) atoms. The van der Waals surface area contributed by atoms with Crippen molar-refractivity contribution in [3.63, 3.8) is 0 Å². The Hall–Kier alpha value is -0.990. The van der Waals surface area contributed by atoms with Crippen molar-refractivity contribution in [3.05, 3.63) is 35.5 Å². The summed E-state index contributed by atoms with van der Waals surface area (Å²) >= 11 is 0. The van der Waals surface area contributed by atoms with Crippen LogP contribution in [-0.4, -0.2) is 6.18 Å². The fraction of sp³-hybridized carbons (Fsp3) is 0.333. The highest BCUT2D eigenvalue weighted by Gasteiger charge is 2.34. The lowest BCUT2D eigenvalue weighted by Gasteiger charge is -2.16. The molecule has 3 heteroatoms. The zero-order valence-corrected chi connectivity index (χ0v) is 6.70. The first-order chi connectivity index (χ1) is 5.39. The molecule has 0 spiro atoms. The van der Waals surface area contributed by atoms with Gasteiger partial charge in [-0.3, -0.25) is 0 Å². The summed E-state index contributed by atoms with van der Waals surface area (Å²) in [5.74, 6) is 0. The van der Waals surface area contributed by atoms with Gasteiger partial charge in [-0.15, -0.1) is 0 Å². The number of allylic oxidation sites excluding steroid dienone is 5. The summed E-state index contributed by atoms with van der Waals surface area (Å²) in [6.45, 7) is 5.15. The summed E-state index contributed by atoms with van der Waals surface area (Å²) in [5, 5.41) is 0. The second-order valence-electron chi connectivity index (χ2n) is 2.91. The average Bonchev–Trinajstić information content (AvgIpc) is 1.82. The molecule has 0 aromatic rings. The van der Waals surface area contributed by atoms with Crippen molar-refractivity contribution in [2.45, 2.75) is 19.5 Å². The highest BCUT2D eigenvalue weighted by atomic mass is 19.4. The van der Waals surface area contributed by atoms with Gasteiger partial charge in [0.1, 0.15) is 0 Å². The summed E-state index contributed by atoms with van der Waals surface area (Å²) < 4.78 is 36.5. The highest BCUT2D eigenvalue weighted by Crippen LogP contribution is 2.34. The van der Waals surface area contributed by atoms with Crippen molar-refractivity contribution in [2.75, 3.05) is 0 Å². The molecule has 0 unspecified atom stereocenters. The molecule has 0 saturated carbocycles. The molecule has 0 fully saturated rings. The van der Waals surface area contributed by atoms with Crippen LogP contribution in [0.4, 0.5) is 13.2 Å². The Balaban J connectivity index is 2.90. The van der Waals surface area contributed by atoms with Crippen LogP contribution in [-0.2, 0) is 0 Å². The van der Waals surface area contributed by atoms with Crippen molar-refractivity contribution in [1.82, 2.24) is 0 Å². The van der Waals surface area contributed by atoms with Gasteiger partial charge in [0.2, 0.25) is 0 Å². The smallest absolute Gasteiger partial charge is 0.166 e. The van der Waals surface area contributed by atoms with E-state index >= 15 is 0 Å². The fourth-order valence-corrected chi connectivity index (χ4v) is 1.17. The molecular weight excluding hydrogens is 165 g/mol. The molecule has 1 aliphatic rings. The second kappa shape index (κ2) is 2.81. The molecule has 0 heterocycles. The van der Waals surface area contributed by atoms with E-state index in [1.807, 2.05) is 0 Å². The summed E-state index contributed by atoms with van der Waals surface area (Å²) in [7, 11) is 0. The quantitative estimate of drug-likeness (QED) is 0.528. The molecule has 66 valence electrons. The van der Waals surface area contributed by atoms with Gasteiger partial charge in [-0.1, -0.05) is 18.2 Å². The molecule has 0 radical (unpaired) electrons. The Morgan fingerprint density at radius 2 is 1.92 bits per heavy atom. The van der Waals surface area contributed by atoms with Gasteiger partial charge in [0, 0.05) is 5.57 Å². The zero-order chi connectivity index (χ0) is 9.35. The van der Waals surface area contributed by atoms with Gasteiger partial charge < -0.3 is 0 Å². The van der Waals surface area contributed by atoms with Crippen LogP contribution in [0.5, 0.6) is 0 Å². The van der Waals surface area contributed by atoms with Gasteiger partial charge in [0.15, 0.2) is 0 Å². The summed E-state index contributed by atoms with van der Waals surface area (Å²) in [6, 6.07) is 0. The predicted octanol–water partition coefficient (Wildman–Crippen LogP) is 3.38. The second-order valence-corrected chi connectivity index (χ2v) is 2.91. The Morgan fingerprint density at radius 3 is 2.33 bits per heavy atom. The lowest BCUT2D eigenvalue weighted by molar-refractivity contribution is -0.0933. The van der Waals surface area contributed by atoms with Crippen molar-refractivity contribution in [3.8, 4) is 0 Å². The van der Waals surface area contributed by atoms with E-state index in [0.717, 1.165) is 6.08 Å². The fourth-order valence-electron chi connectivity index (χ4n) is 1.17. The first kappa shape index (κ1) is 9.10. The molecule has 0 bridgehead atoms. The molecule has 0 amide bonds. The van der Waals surface area contributed by atoms with E-state index in [4.69, 9.17) is 0 Å². The number of hydrogen-bond donors (Lipinski definition) is 0. The normalized spacial score (nSPS) is 18.8. The van der Waals surface area contributed by atoms with Crippen molar-refractivity contribution in [1.29, 1.82) is 0 Å². The monoisotopic (exact) mass is 174 g/mol. The maximum atomic E-state index is 12.2. The lowest BCUT2D eigenvalue weighted by Crippen LogP contribution is -2.14. The minimum absolute atomic E-state index is 0.0114. The average molecular weight is 174 g/mol. The van der Waals surface area contributed by atoms with Crippen LogP contribution >= 0.6 is 0 Å². The summed E-state index contributed by atoms with van der Waals surface area (Å²) in [4.78, 5) is 0. The summed E-state index contributed by atoms with van der Waals surface area (Å²) in [5.41, 5.74) is 0.619. The van der Waals surface area contributed by atoms with Gasteiger partial charge >= 0.3 is 6.18 Å². The Kier molecular flexibility index (Phi) is 2.13. The van der Waals surface area contributed by atoms with Gasteiger partial charge in [-0.2, -0.15) is 13.2 Å². The molecule has 0 saturated heterocycles. The minimum Gasteiger partial charge on any atom is -0.166 e. The van der Waals surface area contributed by atoms with Crippen LogP contribution in [0.2, 0.25) is 0 Å². The molecule has 0 atom stereocenters. The number of rotatable bonds is 0. The van der Waals surface area contributed by atoms with E-state index in [2.05, 4.69) is 6.58 Å². The molecule has 1 rings (SSSR count). The van der Waals surface area contributed by atoms with Crippen molar-refractivity contribution < 1.29 is 13.2 Å². The van der Waals surface area contributed by atoms with E-state index in [9.17, 15) is 13.2 Å². The first-order valence-corrected chi connectivity index (χ1v) is 3.53. The third kappa shape index (κ3) is 2.00. The largest absolute Gasteiger partial charge is 0.413 e. The standard InChI is InChI=1S/C9H9F3/c1-6-3-7(2)5-8(4-6)9(10,11)12/h3-4H,1,5H2,2H3. The van der Waals surface area contributed by atoms with Crippen LogP contribution in [0, 0.1) is 0 Å². The van der Waals surface area contributed by atoms with Gasteiger partial charge in [-0.25, -0.2) is 0 Å². The number of hydrogen-bond acceptors (Lipinski definition) is 0. The minimum atomic E-state index is -4.21. The maximum Gasteiger partial charge on any atom is 0.413 e. The van der Waals surface area contributed by atoms with E-state index in [0.29, 0.717) is 11.1 Å². The van der Waals surface area contributed by atoms with Crippen LogP contribution in [0.1, 0.15) is 13.3 Å². The van der Waals surface area contributed by atoms with E-state index in [-0.39, 0.29) is 6.42 Å². The highest BCUT2D eigenvalue weighted by molar-refractivity contribution is 5.41. The van der Waals surface area contributed by atoms with E-state index in [1.165, 1.54) is 0 Å². The molecule has 0 aromatic heterocycles. The number of alkyl halides is 3. The molecular formula is C9H9F3. The van der Waals surface area contributed by atoms with Crippen LogP contribution < -0.4 is 0 Å². The first-order valence-electron chi connectivity index (χ1n) is 3.53. The van der Waals surface area contributed by atoms with Crippen LogP contribution in [0.25, 0.3) is 0 Å². The molecule has 1 aliphatic carbocycles. The molecule has 0 N–H and O–H groups in total. The van der Waals surface area contributed by atoms with E-state index in [1.54, 1.807) is 13.0 Å². The zero-order valence-electron chi connectivity index (χ0n) is 6.70. The SMILES string of the molecule is C=C1C=C(C)CC(C(F)(F)F)=C1. The molecule has 0 nitrogen and oxygen atoms in total. The van der Waals surface area contributed by atoms with Crippen molar-refractivity contribution >= 4 is 0 Å². The van der Waals surface area contributed by atoms with Crippen LogP contribution in [0.3, 0.4) is 0 Å². The maximum absolute atomic E-state index is 12.2. The Morgan fingerprint density at radius 1 is 1.33 bits per heavy atom. The van der Waals surface area contributed by atoms with Gasteiger partial charge in [-0.05, 0) is 25.0 Å². The third-order valence-corrected chi connectivity index (χ3v) is 1.62. The van der Waals surface area contributed by atoms with E-state index < -0.39 is 11.7 Å². The summed E-state index contributed by atoms with van der Waals surface area (Å²) in [6.07, 6.45) is -1.47. The lowest BCUT2D eigenvalue weighted by atomic mass is 9.97. The third-order valence-electron chi connectivity index (χ3n) is 1.62. The number of halogens is 3. The molecule has 0 aliphatic heterocycles. The van der Waals surface area contributed by atoms with Crippen LogP contribution in [0.15, 0.2) is 35.5 Å². The topological polar surface area (TPSA) is 0 Å². The van der Waals surface area contributed by atoms with Gasteiger partial charge in [0.05, 0.1) is 0 Å². The Bertz CT molecular complexity index is 266. The van der Waals surface area contributed by atoms with Crippen molar-refractivity contribution in [2.24, 2.45) is 0 Å². The predicted molar refractivity (Wildman–Crippen MR) is 41.7 cm³/mol. The Labute approximate surface area is 69.1 Å². The molecule has 0 aromatic carbocycles. The van der Waals surface area contributed by atoms with Gasteiger partial charge in [0.25, 0.3) is 0 Å².